The van der Waals surface area contributed by atoms with E-state index in [0.29, 0.717) is 41.0 Å². The largest absolute Gasteiger partial charge is 0.497 e. The first kappa shape index (κ1) is 26.5. The lowest BCUT2D eigenvalue weighted by atomic mass is 9.77. The molecule has 40 heavy (non-hydrogen) atoms. The molecule has 0 fully saturated rings. The SMILES string of the molecule is COc1ccc(C(=O)NC(c2ccccc2)(c2ccccc2)C(Oc2nc(OC)c3c(n2)OCC3)C(=O)O)cc1. The zero-order valence-corrected chi connectivity index (χ0v) is 21.9. The highest BCUT2D eigenvalue weighted by atomic mass is 16.5. The van der Waals surface area contributed by atoms with Gasteiger partial charge in [0.2, 0.25) is 17.9 Å². The maximum Gasteiger partial charge on any atom is 0.348 e. The number of hydrogen-bond acceptors (Lipinski definition) is 8. The molecule has 4 aromatic rings. The molecule has 0 spiro atoms. The molecule has 5 rings (SSSR count). The maximum absolute atomic E-state index is 13.8. The van der Waals surface area contributed by atoms with Crippen molar-refractivity contribution >= 4 is 11.9 Å². The van der Waals surface area contributed by atoms with E-state index in [1.165, 1.54) is 14.2 Å². The highest BCUT2D eigenvalue weighted by Gasteiger charge is 2.50. The van der Waals surface area contributed by atoms with Gasteiger partial charge in [-0.2, -0.15) is 9.97 Å². The van der Waals surface area contributed by atoms with E-state index < -0.39 is 23.5 Å². The van der Waals surface area contributed by atoms with Crippen LogP contribution in [0.25, 0.3) is 0 Å². The molecule has 0 bridgehead atoms. The molecule has 1 aromatic heterocycles. The van der Waals surface area contributed by atoms with Crippen molar-refractivity contribution in [1.29, 1.82) is 0 Å². The first-order valence-corrected chi connectivity index (χ1v) is 12.5. The van der Waals surface area contributed by atoms with Gasteiger partial charge in [-0.3, -0.25) is 4.79 Å². The van der Waals surface area contributed by atoms with Gasteiger partial charge in [-0.05, 0) is 35.4 Å². The highest BCUT2D eigenvalue weighted by molar-refractivity contribution is 5.96. The van der Waals surface area contributed by atoms with Crippen molar-refractivity contribution in [2.24, 2.45) is 0 Å². The fourth-order valence-electron chi connectivity index (χ4n) is 4.73. The average Bonchev–Trinajstić information content (AvgIpc) is 3.48. The van der Waals surface area contributed by atoms with Crippen LogP contribution in [0, 0.1) is 0 Å². The fraction of sp³-hybridized carbons (Fsp3) is 0.200. The summed E-state index contributed by atoms with van der Waals surface area (Å²) in [6, 6.07) is 23.8. The van der Waals surface area contributed by atoms with Gasteiger partial charge in [-0.25, -0.2) is 4.79 Å². The van der Waals surface area contributed by atoms with Crippen LogP contribution < -0.4 is 24.3 Å². The number of carboxylic acid groups (broad SMARTS) is 1. The third-order valence-electron chi connectivity index (χ3n) is 6.66. The summed E-state index contributed by atoms with van der Waals surface area (Å²) < 4.78 is 22.3. The van der Waals surface area contributed by atoms with Gasteiger partial charge in [-0.15, -0.1) is 0 Å². The van der Waals surface area contributed by atoms with E-state index in [4.69, 9.17) is 18.9 Å². The highest BCUT2D eigenvalue weighted by Crippen LogP contribution is 2.38. The van der Waals surface area contributed by atoms with Crippen LogP contribution >= 0.6 is 0 Å². The number of benzene rings is 3. The van der Waals surface area contributed by atoms with Crippen molar-refractivity contribution in [3.63, 3.8) is 0 Å². The van der Waals surface area contributed by atoms with Gasteiger partial charge >= 0.3 is 12.0 Å². The molecule has 10 heteroatoms. The number of methoxy groups -OCH3 is 2. The minimum absolute atomic E-state index is 0.230. The molecule has 0 saturated carbocycles. The quantitative estimate of drug-likeness (QED) is 0.309. The number of rotatable bonds is 10. The molecule has 0 aliphatic carbocycles. The van der Waals surface area contributed by atoms with Crippen LogP contribution in [-0.2, 0) is 16.8 Å². The number of nitrogens with one attached hydrogen (secondary N) is 1. The number of fused-ring (bicyclic) bond motifs is 1. The smallest absolute Gasteiger partial charge is 0.348 e. The number of aromatic nitrogens is 2. The van der Waals surface area contributed by atoms with Gasteiger partial charge in [0.15, 0.2) is 0 Å². The Kier molecular flexibility index (Phi) is 7.50. The van der Waals surface area contributed by atoms with Crippen molar-refractivity contribution in [2.75, 3.05) is 20.8 Å². The second kappa shape index (κ2) is 11.3. The van der Waals surface area contributed by atoms with Crippen LogP contribution in [-0.4, -0.2) is 53.9 Å². The van der Waals surface area contributed by atoms with E-state index in [9.17, 15) is 14.7 Å². The summed E-state index contributed by atoms with van der Waals surface area (Å²) in [6.45, 7) is 0.391. The van der Waals surface area contributed by atoms with E-state index in [1.807, 2.05) is 0 Å². The molecule has 10 nitrogen and oxygen atoms in total. The Hall–Kier alpha value is -5.12. The van der Waals surface area contributed by atoms with Crippen molar-refractivity contribution in [2.45, 2.75) is 18.1 Å². The number of aliphatic carboxylic acids is 1. The third-order valence-corrected chi connectivity index (χ3v) is 6.66. The Morgan fingerprint density at radius 1 is 0.900 bits per heavy atom. The fourth-order valence-corrected chi connectivity index (χ4v) is 4.73. The zero-order valence-electron chi connectivity index (χ0n) is 21.9. The summed E-state index contributed by atoms with van der Waals surface area (Å²) in [7, 11) is 2.98. The van der Waals surface area contributed by atoms with E-state index in [2.05, 4.69) is 15.3 Å². The normalized spacial score (nSPS) is 12.9. The van der Waals surface area contributed by atoms with Gasteiger partial charge in [0.25, 0.3) is 5.91 Å². The number of carboxylic acids is 1. The zero-order chi connectivity index (χ0) is 28.1. The molecule has 1 aliphatic rings. The summed E-state index contributed by atoms with van der Waals surface area (Å²) in [4.78, 5) is 35.5. The van der Waals surface area contributed by atoms with Gasteiger partial charge in [-0.1, -0.05) is 60.7 Å². The Morgan fingerprint density at radius 3 is 2.08 bits per heavy atom. The average molecular weight is 542 g/mol. The van der Waals surface area contributed by atoms with Crippen LogP contribution in [0.5, 0.6) is 23.5 Å². The van der Waals surface area contributed by atoms with Gasteiger partial charge < -0.3 is 29.4 Å². The molecule has 1 atom stereocenters. The molecule has 204 valence electrons. The van der Waals surface area contributed by atoms with Crippen molar-refractivity contribution in [3.05, 3.63) is 107 Å². The molecule has 2 heterocycles. The van der Waals surface area contributed by atoms with E-state index in [-0.39, 0.29) is 17.8 Å². The van der Waals surface area contributed by atoms with Crippen LogP contribution in [0.15, 0.2) is 84.9 Å². The lowest BCUT2D eigenvalue weighted by Gasteiger charge is -2.39. The first-order chi connectivity index (χ1) is 19.5. The lowest BCUT2D eigenvalue weighted by Crippen LogP contribution is -2.60. The van der Waals surface area contributed by atoms with Crippen molar-refractivity contribution in [1.82, 2.24) is 15.3 Å². The van der Waals surface area contributed by atoms with Crippen molar-refractivity contribution in [3.8, 4) is 23.5 Å². The second-order valence-corrected chi connectivity index (χ2v) is 8.96. The summed E-state index contributed by atoms with van der Waals surface area (Å²) in [6.07, 6.45) is -1.17. The summed E-state index contributed by atoms with van der Waals surface area (Å²) >= 11 is 0. The molecule has 0 saturated heterocycles. The predicted octanol–water partition coefficient (Wildman–Crippen LogP) is 3.63. The Bertz CT molecular complexity index is 1460. The van der Waals surface area contributed by atoms with E-state index in [1.54, 1.807) is 84.9 Å². The van der Waals surface area contributed by atoms with Gasteiger partial charge in [0.1, 0.15) is 11.3 Å². The summed E-state index contributed by atoms with van der Waals surface area (Å²) in [5.41, 5.74) is 0.193. The Balaban J connectivity index is 1.68. The van der Waals surface area contributed by atoms with Crippen LogP contribution in [0.1, 0.15) is 27.0 Å². The number of amides is 1. The molecule has 1 amide bonds. The van der Waals surface area contributed by atoms with E-state index in [0.717, 1.165) is 0 Å². The molecule has 2 N–H and O–H groups in total. The molecule has 1 unspecified atom stereocenters. The molecular formula is C30H27N3O7. The minimum Gasteiger partial charge on any atom is -0.497 e. The lowest BCUT2D eigenvalue weighted by molar-refractivity contribution is -0.148. The number of carbonyl (C=O) groups excluding carboxylic acids is 1. The molecule has 1 aliphatic heterocycles. The molecule has 0 radical (unpaired) electrons. The van der Waals surface area contributed by atoms with Crippen LogP contribution in [0.4, 0.5) is 0 Å². The third kappa shape index (κ3) is 4.98. The Morgan fingerprint density at radius 2 is 1.52 bits per heavy atom. The number of nitrogens with zero attached hydrogens (tertiary/aromatic N) is 2. The first-order valence-electron chi connectivity index (χ1n) is 12.5. The van der Waals surface area contributed by atoms with E-state index >= 15 is 0 Å². The van der Waals surface area contributed by atoms with Crippen LogP contribution in [0.3, 0.4) is 0 Å². The molecular weight excluding hydrogens is 514 g/mol. The van der Waals surface area contributed by atoms with Crippen molar-refractivity contribution < 1.29 is 33.6 Å². The predicted molar refractivity (Wildman–Crippen MR) is 144 cm³/mol. The summed E-state index contributed by atoms with van der Waals surface area (Å²) in [5, 5.41) is 13.6. The maximum atomic E-state index is 13.8. The monoisotopic (exact) mass is 541 g/mol. The van der Waals surface area contributed by atoms with Gasteiger partial charge in [0.05, 0.1) is 26.4 Å². The second-order valence-electron chi connectivity index (χ2n) is 8.96. The Labute approximate surface area is 230 Å². The van der Waals surface area contributed by atoms with Crippen LogP contribution in [0.2, 0.25) is 0 Å². The molecule has 3 aromatic carbocycles. The number of hydrogen-bond donors (Lipinski definition) is 2. The standard InChI is InChI=1S/C30H27N3O7/c1-37-22-15-13-19(14-16-22)25(34)33-30(20-9-5-3-6-10-20,21-11-7-4-8-12-21)24(28(35)36)40-29-31-26(38-2)23-17-18-39-27(23)32-29/h3-16,24H,17-18H2,1-2H3,(H,33,34)(H,35,36). The number of ether oxygens (including phenoxy) is 4. The minimum atomic E-state index is -1.72. The topological polar surface area (TPSA) is 129 Å². The van der Waals surface area contributed by atoms with Gasteiger partial charge in [0, 0.05) is 12.0 Å². The summed E-state index contributed by atoms with van der Waals surface area (Å²) in [5.74, 6) is -0.814. The number of carbonyl (C=O) groups is 2.